The molecule has 1 aromatic heterocycles. The van der Waals surface area contributed by atoms with Crippen molar-refractivity contribution in [2.45, 2.75) is 19.3 Å². The molecule has 166 valence electrons. The molecular weight excluding hydrogens is 408 g/mol. The van der Waals surface area contributed by atoms with E-state index in [0.717, 1.165) is 54.8 Å². The number of piperidine rings is 1. The number of amides is 1. The summed E-state index contributed by atoms with van der Waals surface area (Å²) in [6, 6.07) is 26.1. The van der Waals surface area contributed by atoms with Crippen LogP contribution in [0.15, 0.2) is 78.9 Å². The maximum absolute atomic E-state index is 11.4. The highest BCUT2D eigenvalue weighted by Crippen LogP contribution is 2.34. The zero-order valence-electron chi connectivity index (χ0n) is 18.6. The molecule has 0 spiro atoms. The van der Waals surface area contributed by atoms with Crippen LogP contribution < -0.4 is 16.4 Å². The highest BCUT2D eigenvalue weighted by atomic mass is 16.1. The van der Waals surface area contributed by atoms with Crippen molar-refractivity contribution >= 4 is 28.2 Å². The number of hydrogen-bond donors (Lipinski definition) is 2. The van der Waals surface area contributed by atoms with Gasteiger partial charge in [0, 0.05) is 41.0 Å². The first-order valence-corrected chi connectivity index (χ1v) is 11.5. The van der Waals surface area contributed by atoms with Crippen molar-refractivity contribution in [3.05, 3.63) is 90.0 Å². The van der Waals surface area contributed by atoms with E-state index in [1.54, 1.807) is 12.1 Å². The smallest absolute Gasteiger partial charge is 0.248 e. The Bertz CT molecular complexity index is 1270. The number of rotatable bonds is 5. The zero-order chi connectivity index (χ0) is 22.8. The van der Waals surface area contributed by atoms with Gasteiger partial charge in [0.2, 0.25) is 5.91 Å². The number of nitrogens with two attached hydrogens (primary N) is 2. The molecular formula is C28H28N4O. The first-order chi connectivity index (χ1) is 16.1. The number of benzene rings is 3. The van der Waals surface area contributed by atoms with E-state index >= 15 is 0 Å². The summed E-state index contributed by atoms with van der Waals surface area (Å²) in [5, 5.41) is 1.17. The minimum Gasteiger partial charge on any atom is -0.399 e. The molecule has 0 aliphatic carbocycles. The summed E-state index contributed by atoms with van der Waals surface area (Å²) in [6.07, 6.45) is 3.41. The van der Waals surface area contributed by atoms with Gasteiger partial charge >= 0.3 is 0 Å². The van der Waals surface area contributed by atoms with Gasteiger partial charge in [-0.2, -0.15) is 0 Å². The lowest BCUT2D eigenvalue weighted by Crippen LogP contribution is -2.34. The molecule has 5 rings (SSSR count). The predicted octanol–water partition coefficient (Wildman–Crippen LogP) is 5.04. The Labute approximate surface area is 194 Å². The Morgan fingerprint density at radius 1 is 0.939 bits per heavy atom. The average Bonchev–Trinajstić information content (AvgIpc) is 2.85. The number of nitrogens with zero attached hydrogens (tertiary/aromatic N) is 2. The van der Waals surface area contributed by atoms with Crippen LogP contribution in [0.25, 0.3) is 22.2 Å². The van der Waals surface area contributed by atoms with E-state index in [2.05, 4.69) is 41.3 Å². The molecule has 0 atom stereocenters. The molecule has 0 saturated carbocycles. The van der Waals surface area contributed by atoms with Crippen molar-refractivity contribution in [2.24, 2.45) is 11.7 Å². The van der Waals surface area contributed by atoms with E-state index in [0.29, 0.717) is 11.5 Å². The van der Waals surface area contributed by atoms with Crippen LogP contribution in [0.3, 0.4) is 0 Å². The number of anilines is 2. The lowest BCUT2D eigenvalue weighted by molar-refractivity contribution is 0.100. The first-order valence-electron chi connectivity index (χ1n) is 11.5. The third-order valence-corrected chi connectivity index (χ3v) is 6.62. The van der Waals surface area contributed by atoms with E-state index in [-0.39, 0.29) is 0 Å². The maximum atomic E-state index is 11.4. The minimum absolute atomic E-state index is 0.421. The predicted molar refractivity (Wildman–Crippen MR) is 135 cm³/mol. The van der Waals surface area contributed by atoms with Gasteiger partial charge in [-0.05, 0) is 67.1 Å². The molecule has 1 saturated heterocycles. The fourth-order valence-corrected chi connectivity index (χ4v) is 4.74. The Hall–Kier alpha value is -3.86. The van der Waals surface area contributed by atoms with Gasteiger partial charge in [0.25, 0.3) is 0 Å². The van der Waals surface area contributed by atoms with Gasteiger partial charge in [-0.1, -0.05) is 42.5 Å². The molecule has 1 aliphatic heterocycles. The van der Waals surface area contributed by atoms with Crippen LogP contribution in [0.4, 0.5) is 11.4 Å². The summed E-state index contributed by atoms with van der Waals surface area (Å²) in [7, 11) is 0. The van der Waals surface area contributed by atoms with E-state index in [1.165, 1.54) is 16.6 Å². The summed E-state index contributed by atoms with van der Waals surface area (Å²) in [5.41, 5.74) is 18.0. The molecule has 0 unspecified atom stereocenters. The lowest BCUT2D eigenvalue weighted by Gasteiger charge is -2.34. The fourth-order valence-electron chi connectivity index (χ4n) is 4.74. The van der Waals surface area contributed by atoms with Crippen molar-refractivity contribution in [1.82, 2.24) is 4.98 Å². The van der Waals surface area contributed by atoms with Gasteiger partial charge in [0.15, 0.2) is 0 Å². The second-order valence-electron chi connectivity index (χ2n) is 8.86. The van der Waals surface area contributed by atoms with Crippen LogP contribution in [0.1, 0.15) is 28.8 Å². The highest BCUT2D eigenvalue weighted by molar-refractivity contribution is 5.95. The summed E-state index contributed by atoms with van der Waals surface area (Å²) < 4.78 is 0. The fraction of sp³-hybridized carbons (Fsp3) is 0.214. The number of pyridine rings is 1. The van der Waals surface area contributed by atoms with Crippen molar-refractivity contribution in [3.63, 3.8) is 0 Å². The minimum atomic E-state index is -0.421. The highest BCUT2D eigenvalue weighted by Gasteiger charge is 2.22. The van der Waals surface area contributed by atoms with Gasteiger partial charge in [-0.3, -0.25) is 4.79 Å². The quantitative estimate of drug-likeness (QED) is 0.429. The van der Waals surface area contributed by atoms with Crippen LogP contribution in [0.5, 0.6) is 0 Å². The van der Waals surface area contributed by atoms with Crippen LogP contribution in [0, 0.1) is 5.92 Å². The molecule has 5 heteroatoms. The van der Waals surface area contributed by atoms with Gasteiger partial charge in [0.05, 0.1) is 11.2 Å². The molecule has 5 nitrogen and oxygen atoms in total. The Balaban J connectivity index is 1.39. The molecule has 3 aromatic carbocycles. The number of primary amides is 1. The molecule has 2 heterocycles. The van der Waals surface area contributed by atoms with Gasteiger partial charge < -0.3 is 16.4 Å². The molecule has 33 heavy (non-hydrogen) atoms. The Morgan fingerprint density at radius 3 is 2.33 bits per heavy atom. The molecule has 1 amide bonds. The van der Waals surface area contributed by atoms with Crippen molar-refractivity contribution in [1.29, 1.82) is 0 Å². The van der Waals surface area contributed by atoms with E-state index in [4.69, 9.17) is 16.5 Å². The monoisotopic (exact) mass is 436 g/mol. The van der Waals surface area contributed by atoms with E-state index < -0.39 is 5.91 Å². The van der Waals surface area contributed by atoms with Gasteiger partial charge in [-0.15, -0.1) is 0 Å². The summed E-state index contributed by atoms with van der Waals surface area (Å²) in [5.74, 6) is 0.259. The summed E-state index contributed by atoms with van der Waals surface area (Å²) in [6.45, 7) is 2.04. The number of para-hydroxylation sites is 1. The number of aromatic nitrogens is 1. The molecule has 0 bridgehead atoms. The Morgan fingerprint density at radius 2 is 1.64 bits per heavy atom. The van der Waals surface area contributed by atoms with Crippen LogP contribution in [-0.2, 0) is 6.42 Å². The van der Waals surface area contributed by atoms with Crippen molar-refractivity contribution < 1.29 is 4.79 Å². The van der Waals surface area contributed by atoms with Gasteiger partial charge in [0.1, 0.15) is 0 Å². The first kappa shape index (κ1) is 21.0. The number of nitrogen functional groups attached to an aromatic ring is 1. The normalized spacial score (nSPS) is 14.5. The van der Waals surface area contributed by atoms with E-state index in [1.807, 2.05) is 30.3 Å². The maximum Gasteiger partial charge on any atom is 0.248 e. The standard InChI is InChI=1S/C28H28N4O/c29-23-11-5-19(6-12-23)17-20-13-15-32(16-14-20)27-18-26(31-25-4-2-1-3-24(25)27)21-7-9-22(10-8-21)28(30)33/h1-12,18,20H,13-17,29H2,(H2,30,33). The van der Waals surface area contributed by atoms with Crippen LogP contribution >= 0.6 is 0 Å². The largest absolute Gasteiger partial charge is 0.399 e. The van der Waals surface area contributed by atoms with Crippen molar-refractivity contribution in [2.75, 3.05) is 23.7 Å². The molecule has 1 fully saturated rings. The third-order valence-electron chi connectivity index (χ3n) is 6.62. The number of carbonyl (C=O) groups excluding carboxylic acids is 1. The number of hydrogen-bond acceptors (Lipinski definition) is 4. The lowest BCUT2D eigenvalue weighted by atomic mass is 9.89. The molecule has 1 aliphatic rings. The number of fused-ring (bicyclic) bond motifs is 1. The molecule has 4 aromatic rings. The van der Waals surface area contributed by atoms with E-state index in [9.17, 15) is 4.79 Å². The molecule has 4 N–H and O–H groups in total. The third kappa shape index (κ3) is 4.53. The second kappa shape index (κ2) is 8.94. The molecule has 0 radical (unpaired) electrons. The topological polar surface area (TPSA) is 85.2 Å². The van der Waals surface area contributed by atoms with Crippen LogP contribution in [0.2, 0.25) is 0 Å². The summed E-state index contributed by atoms with van der Waals surface area (Å²) >= 11 is 0. The SMILES string of the molecule is NC(=O)c1ccc(-c2cc(N3CCC(Cc4ccc(N)cc4)CC3)c3ccccc3n2)cc1. The zero-order valence-corrected chi connectivity index (χ0v) is 18.6. The Kier molecular flexibility index (Phi) is 5.69. The average molecular weight is 437 g/mol. The second-order valence-corrected chi connectivity index (χ2v) is 8.86. The van der Waals surface area contributed by atoms with Gasteiger partial charge in [-0.25, -0.2) is 4.98 Å². The number of carbonyl (C=O) groups is 1. The van der Waals surface area contributed by atoms with Crippen molar-refractivity contribution in [3.8, 4) is 11.3 Å². The summed E-state index contributed by atoms with van der Waals surface area (Å²) in [4.78, 5) is 18.8. The van der Waals surface area contributed by atoms with Crippen LogP contribution in [-0.4, -0.2) is 24.0 Å².